The molecule has 1 fully saturated rings. The molecule has 2 aromatic rings. The monoisotopic (exact) mass is 405 g/mol. The van der Waals surface area contributed by atoms with Crippen LogP contribution in [0.1, 0.15) is 19.6 Å². The molecule has 5 nitrogen and oxygen atoms in total. The predicted octanol–water partition coefficient (Wildman–Crippen LogP) is 4.40. The summed E-state index contributed by atoms with van der Waals surface area (Å²) >= 11 is 6.26. The van der Waals surface area contributed by atoms with Gasteiger partial charge < -0.3 is 9.52 Å². The summed E-state index contributed by atoms with van der Waals surface area (Å²) in [5.41, 5.74) is 0.703. The van der Waals surface area contributed by atoms with E-state index in [1.54, 1.807) is 38.1 Å². The second kappa shape index (κ2) is 7.66. The highest BCUT2D eigenvalue weighted by Gasteiger charge is 2.42. The van der Waals surface area contributed by atoms with Crippen LogP contribution in [-0.2, 0) is 9.59 Å². The quantitative estimate of drug-likeness (QED) is 0.587. The standard InChI is InChI=1S/C19H16FNO4S2/c1-10(2)16(18(23)24)21-17(22)15(27-19(21)26)9-13-7-8-14(25-13)11-3-5-12(20)6-4-11/h3-10,16H,1-2H3,(H,23,24)/b15-9-/t16-/m0/s1. The Hall–Kier alpha value is -2.45. The van der Waals surface area contributed by atoms with Crippen LogP contribution in [0.5, 0.6) is 0 Å². The molecule has 140 valence electrons. The van der Waals surface area contributed by atoms with Gasteiger partial charge in [0.15, 0.2) is 0 Å². The topological polar surface area (TPSA) is 70.8 Å². The number of benzene rings is 1. The van der Waals surface area contributed by atoms with E-state index in [9.17, 15) is 19.1 Å². The summed E-state index contributed by atoms with van der Waals surface area (Å²) in [5, 5.41) is 9.44. The van der Waals surface area contributed by atoms with E-state index < -0.39 is 17.9 Å². The number of thioether (sulfide) groups is 1. The lowest BCUT2D eigenvalue weighted by atomic mass is 10.0. The van der Waals surface area contributed by atoms with E-state index in [1.807, 2.05) is 0 Å². The van der Waals surface area contributed by atoms with Gasteiger partial charge in [-0.3, -0.25) is 9.69 Å². The van der Waals surface area contributed by atoms with Crippen LogP contribution in [-0.4, -0.2) is 32.2 Å². The molecule has 2 heterocycles. The maximum absolute atomic E-state index is 13.0. The zero-order valence-electron chi connectivity index (χ0n) is 14.5. The molecule has 1 aliphatic rings. The maximum atomic E-state index is 13.0. The van der Waals surface area contributed by atoms with E-state index in [4.69, 9.17) is 16.6 Å². The minimum atomic E-state index is -1.10. The zero-order valence-corrected chi connectivity index (χ0v) is 16.1. The van der Waals surface area contributed by atoms with Crippen molar-refractivity contribution in [3.63, 3.8) is 0 Å². The molecule has 0 saturated carbocycles. The van der Waals surface area contributed by atoms with Gasteiger partial charge in [0.05, 0.1) is 4.91 Å². The number of rotatable bonds is 5. The maximum Gasteiger partial charge on any atom is 0.327 e. The molecule has 1 atom stereocenters. The van der Waals surface area contributed by atoms with Gasteiger partial charge in [0.25, 0.3) is 5.91 Å². The number of hydrogen-bond acceptors (Lipinski definition) is 5. The predicted molar refractivity (Wildman–Crippen MR) is 105 cm³/mol. The smallest absolute Gasteiger partial charge is 0.327 e. The normalized spacial score (nSPS) is 17.2. The highest BCUT2D eigenvalue weighted by molar-refractivity contribution is 8.26. The summed E-state index contributed by atoms with van der Waals surface area (Å²) < 4.78 is 18.9. The van der Waals surface area contributed by atoms with Crippen molar-refractivity contribution >= 4 is 46.3 Å². The molecule has 3 rings (SSSR count). The third kappa shape index (κ3) is 3.96. The molecule has 1 aromatic heterocycles. The van der Waals surface area contributed by atoms with Crippen LogP contribution in [0.15, 0.2) is 45.7 Å². The molecule has 1 aliphatic heterocycles. The van der Waals surface area contributed by atoms with Crippen molar-refractivity contribution in [3.8, 4) is 11.3 Å². The molecule has 1 amide bonds. The van der Waals surface area contributed by atoms with Crippen LogP contribution in [0.3, 0.4) is 0 Å². The van der Waals surface area contributed by atoms with Gasteiger partial charge in [-0.1, -0.05) is 37.8 Å². The van der Waals surface area contributed by atoms with E-state index in [1.165, 1.54) is 18.2 Å². The van der Waals surface area contributed by atoms with Gasteiger partial charge in [-0.2, -0.15) is 0 Å². The number of amides is 1. The van der Waals surface area contributed by atoms with E-state index in [0.717, 1.165) is 16.7 Å². The Labute approximate surface area is 164 Å². The third-order valence-corrected chi connectivity index (χ3v) is 5.35. The fourth-order valence-corrected chi connectivity index (χ4v) is 4.05. The van der Waals surface area contributed by atoms with Gasteiger partial charge in [-0.15, -0.1) is 0 Å². The molecule has 0 bridgehead atoms. The van der Waals surface area contributed by atoms with E-state index in [2.05, 4.69) is 0 Å². The third-order valence-electron chi connectivity index (χ3n) is 4.02. The molecule has 0 unspecified atom stereocenters. The lowest BCUT2D eigenvalue weighted by Crippen LogP contribution is -2.47. The average Bonchev–Trinajstić information content (AvgIpc) is 3.16. The van der Waals surface area contributed by atoms with E-state index >= 15 is 0 Å². The number of nitrogens with zero attached hydrogens (tertiary/aromatic N) is 1. The number of thiocarbonyl (C=S) groups is 1. The summed E-state index contributed by atoms with van der Waals surface area (Å²) in [5.74, 6) is -1.23. The van der Waals surface area contributed by atoms with E-state index in [0.29, 0.717) is 22.0 Å². The molecule has 8 heteroatoms. The molecule has 1 N–H and O–H groups in total. The highest BCUT2D eigenvalue weighted by Crippen LogP contribution is 2.36. The number of carboxylic acid groups (broad SMARTS) is 1. The number of carbonyl (C=O) groups excluding carboxylic acids is 1. The van der Waals surface area contributed by atoms with Gasteiger partial charge in [-0.25, -0.2) is 9.18 Å². The number of carboxylic acids is 1. The van der Waals surface area contributed by atoms with Crippen molar-refractivity contribution in [2.75, 3.05) is 0 Å². The summed E-state index contributed by atoms with van der Waals surface area (Å²) in [6.07, 6.45) is 1.53. The first-order valence-electron chi connectivity index (χ1n) is 8.13. The Balaban J connectivity index is 1.86. The Kier molecular flexibility index (Phi) is 5.48. The van der Waals surface area contributed by atoms with Gasteiger partial charge >= 0.3 is 5.97 Å². The SMILES string of the molecule is CC(C)[C@@H](C(=O)O)N1C(=O)/C(=C/c2ccc(-c3ccc(F)cc3)o2)SC1=S. The van der Waals surface area contributed by atoms with Crippen LogP contribution in [0, 0.1) is 11.7 Å². The number of furan rings is 1. The highest BCUT2D eigenvalue weighted by atomic mass is 32.2. The van der Waals surface area contributed by atoms with Crippen molar-refractivity contribution < 1.29 is 23.5 Å². The summed E-state index contributed by atoms with van der Waals surface area (Å²) in [4.78, 5) is 25.7. The second-order valence-electron chi connectivity index (χ2n) is 6.29. The number of halogens is 1. The largest absolute Gasteiger partial charge is 0.480 e. The minimum Gasteiger partial charge on any atom is -0.480 e. The summed E-state index contributed by atoms with van der Waals surface area (Å²) in [6, 6.07) is 8.24. The fourth-order valence-electron chi connectivity index (χ4n) is 2.74. The molecule has 1 aromatic carbocycles. The van der Waals surface area contributed by atoms with Crippen LogP contribution in [0.25, 0.3) is 17.4 Å². The lowest BCUT2D eigenvalue weighted by molar-refractivity contribution is -0.146. The Morgan fingerprint density at radius 1 is 1.26 bits per heavy atom. The number of hydrogen-bond donors (Lipinski definition) is 1. The van der Waals surface area contributed by atoms with Gasteiger partial charge in [-0.05, 0) is 42.3 Å². The molecular weight excluding hydrogens is 389 g/mol. The van der Waals surface area contributed by atoms with Crippen molar-refractivity contribution in [1.29, 1.82) is 0 Å². The van der Waals surface area contributed by atoms with Crippen molar-refractivity contribution in [3.05, 3.63) is 52.9 Å². The van der Waals surface area contributed by atoms with Gasteiger partial charge in [0, 0.05) is 11.6 Å². The van der Waals surface area contributed by atoms with Gasteiger partial charge in [0.2, 0.25) is 0 Å². The van der Waals surface area contributed by atoms with Crippen LogP contribution < -0.4 is 0 Å². The zero-order chi connectivity index (χ0) is 19.7. The first kappa shape index (κ1) is 19.3. The number of carbonyl (C=O) groups is 2. The first-order valence-corrected chi connectivity index (χ1v) is 9.36. The van der Waals surface area contributed by atoms with Crippen molar-refractivity contribution in [2.45, 2.75) is 19.9 Å². The van der Waals surface area contributed by atoms with E-state index in [-0.39, 0.29) is 16.1 Å². The summed E-state index contributed by atoms with van der Waals surface area (Å²) in [6.45, 7) is 3.45. The van der Waals surface area contributed by atoms with Crippen molar-refractivity contribution in [2.24, 2.45) is 5.92 Å². The van der Waals surface area contributed by atoms with Crippen LogP contribution >= 0.6 is 24.0 Å². The number of aliphatic carboxylic acids is 1. The van der Waals surface area contributed by atoms with Crippen LogP contribution in [0.2, 0.25) is 0 Å². The van der Waals surface area contributed by atoms with Crippen LogP contribution in [0.4, 0.5) is 4.39 Å². The lowest BCUT2D eigenvalue weighted by Gasteiger charge is -2.26. The minimum absolute atomic E-state index is 0.206. The Bertz CT molecular complexity index is 933. The Morgan fingerprint density at radius 2 is 1.93 bits per heavy atom. The fraction of sp³-hybridized carbons (Fsp3) is 0.211. The second-order valence-corrected chi connectivity index (χ2v) is 7.96. The Morgan fingerprint density at radius 3 is 2.52 bits per heavy atom. The molecule has 27 heavy (non-hydrogen) atoms. The molecule has 0 radical (unpaired) electrons. The van der Waals surface area contributed by atoms with Gasteiger partial charge in [0.1, 0.15) is 27.7 Å². The molecule has 0 aliphatic carbocycles. The van der Waals surface area contributed by atoms with Crippen molar-refractivity contribution in [1.82, 2.24) is 4.90 Å². The summed E-state index contributed by atoms with van der Waals surface area (Å²) in [7, 11) is 0. The molecular formula is C19H16FNO4S2. The average molecular weight is 405 g/mol. The molecule has 0 spiro atoms. The first-order chi connectivity index (χ1) is 12.8. The molecule has 1 saturated heterocycles.